The molecular weight excluding hydrogens is 470 g/mol. The van der Waals surface area contributed by atoms with Crippen molar-refractivity contribution in [2.45, 2.75) is 83.5 Å². The van der Waals surface area contributed by atoms with Crippen LogP contribution in [0.1, 0.15) is 69.7 Å². The predicted molar refractivity (Wildman–Crippen MR) is 136 cm³/mol. The molecule has 4 aliphatic carbocycles. The molecule has 196 valence electrons. The van der Waals surface area contributed by atoms with Crippen LogP contribution in [0.2, 0.25) is 0 Å². The van der Waals surface area contributed by atoms with Crippen LogP contribution in [0.15, 0.2) is 12.1 Å². The van der Waals surface area contributed by atoms with Crippen molar-refractivity contribution >= 4 is 22.5 Å². The number of hydrogen-bond acceptors (Lipinski definition) is 7. The molecule has 7 heteroatoms. The first kappa shape index (κ1) is 23.4. The van der Waals surface area contributed by atoms with E-state index in [0.717, 1.165) is 59.7 Å². The van der Waals surface area contributed by atoms with Crippen LogP contribution >= 0.6 is 0 Å². The first-order chi connectivity index (χ1) is 17.5. The average molecular weight is 506 g/mol. The SMILES string of the molecule is COc1nc(C)cc2cc3c(c(OC)c12)[C@@]12O[C@]1(CC3)CC[C@H]2OC(=O)C1C(=O)C2(C)CCC1C2(C)C. The zero-order valence-corrected chi connectivity index (χ0v) is 22.5. The van der Waals surface area contributed by atoms with Crippen molar-refractivity contribution in [3.05, 3.63) is 29.0 Å². The normalized spacial score (nSPS) is 38.2. The maximum Gasteiger partial charge on any atom is 0.317 e. The Morgan fingerprint density at radius 1 is 1.08 bits per heavy atom. The number of ether oxygens (including phenoxy) is 4. The lowest BCUT2D eigenvalue weighted by Gasteiger charge is -2.32. The lowest BCUT2D eigenvalue weighted by atomic mass is 9.70. The van der Waals surface area contributed by atoms with Gasteiger partial charge in [0.05, 0.1) is 19.6 Å². The third-order valence-corrected chi connectivity index (χ3v) is 11.1. The van der Waals surface area contributed by atoms with Crippen LogP contribution in [0.4, 0.5) is 0 Å². The van der Waals surface area contributed by atoms with Crippen molar-refractivity contribution in [1.29, 1.82) is 0 Å². The number of rotatable bonds is 4. The average Bonchev–Trinajstić information content (AvgIpc) is 3.32. The molecule has 0 radical (unpaired) electrons. The van der Waals surface area contributed by atoms with Gasteiger partial charge in [-0.2, -0.15) is 0 Å². The topological polar surface area (TPSA) is 87.2 Å². The molecule has 1 aliphatic heterocycles. The summed E-state index contributed by atoms with van der Waals surface area (Å²) in [5.41, 5.74) is 1.20. The van der Waals surface area contributed by atoms with E-state index >= 15 is 0 Å². The Balaban J connectivity index is 1.31. The number of hydrogen-bond donors (Lipinski definition) is 0. The van der Waals surface area contributed by atoms with Gasteiger partial charge in [0.2, 0.25) is 5.88 Å². The second-order valence-electron chi connectivity index (χ2n) is 12.7. The van der Waals surface area contributed by atoms with Crippen LogP contribution < -0.4 is 9.47 Å². The van der Waals surface area contributed by atoms with Crippen molar-refractivity contribution in [3.8, 4) is 11.6 Å². The van der Waals surface area contributed by atoms with E-state index in [1.54, 1.807) is 14.2 Å². The molecule has 6 atom stereocenters. The molecule has 0 N–H and O–H groups in total. The smallest absolute Gasteiger partial charge is 0.317 e. The third kappa shape index (κ3) is 2.55. The number of ketones is 1. The molecule has 1 saturated heterocycles. The summed E-state index contributed by atoms with van der Waals surface area (Å²) in [6, 6.07) is 4.23. The molecule has 7 rings (SSSR count). The molecule has 0 amide bonds. The van der Waals surface area contributed by atoms with Gasteiger partial charge in [-0.25, -0.2) is 4.98 Å². The van der Waals surface area contributed by atoms with E-state index in [0.29, 0.717) is 18.1 Å². The van der Waals surface area contributed by atoms with E-state index < -0.39 is 23.0 Å². The van der Waals surface area contributed by atoms with Crippen LogP contribution in [-0.4, -0.2) is 42.7 Å². The molecule has 1 aromatic heterocycles. The summed E-state index contributed by atoms with van der Waals surface area (Å²) in [7, 11) is 3.28. The van der Waals surface area contributed by atoms with Gasteiger partial charge in [-0.15, -0.1) is 0 Å². The second kappa shape index (κ2) is 7.04. The summed E-state index contributed by atoms with van der Waals surface area (Å²) in [5, 5.41) is 1.82. The third-order valence-electron chi connectivity index (χ3n) is 11.1. The fraction of sp³-hybridized carbons (Fsp3) is 0.633. The molecule has 2 heterocycles. The Morgan fingerprint density at radius 3 is 2.54 bits per heavy atom. The first-order valence-electron chi connectivity index (χ1n) is 13.6. The van der Waals surface area contributed by atoms with E-state index in [4.69, 9.17) is 18.9 Å². The van der Waals surface area contributed by atoms with Gasteiger partial charge in [-0.3, -0.25) is 9.59 Å². The van der Waals surface area contributed by atoms with Crippen LogP contribution in [0.25, 0.3) is 10.8 Å². The van der Waals surface area contributed by atoms with E-state index in [1.807, 2.05) is 19.9 Å². The molecule has 0 spiro atoms. The van der Waals surface area contributed by atoms with Crippen LogP contribution in [0.5, 0.6) is 11.6 Å². The number of nitrogens with zero attached hydrogens (tertiary/aromatic N) is 1. The minimum atomic E-state index is -0.758. The Hall–Kier alpha value is -2.67. The standard InChI is InChI=1S/C30H35NO6/c1-15-13-17-14-16-7-11-29-12-9-19(30(29,37-29)22(16)23(34-5)20(17)25(31-15)35-6)36-26(33)21-18-8-10-28(4,24(21)32)27(18,2)3/h13-14,18-19,21H,7-12H2,1-6H3/t18?,19-,21?,28?,29-,30-/m1/s1. The van der Waals surface area contributed by atoms with Gasteiger partial charge >= 0.3 is 5.97 Å². The van der Waals surface area contributed by atoms with Gasteiger partial charge in [0.1, 0.15) is 23.4 Å². The molecule has 2 aromatic rings. The van der Waals surface area contributed by atoms with Gasteiger partial charge in [-0.05, 0) is 73.8 Å². The lowest BCUT2D eigenvalue weighted by Crippen LogP contribution is -2.41. The summed E-state index contributed by atoms with van der Waals surface area (Å²) >= 11 is 0. The molecule has 2 bridgehead atoms. The highest BCUT2D eigenvalue weighted by atomic mass is 16.7. The van der Waals surface area contributed by atoms with Gasteiger partial charge < -0.3 is 18.9 Å². The minimum absolute atomic E-state index is 0.0250. The van der Waals surface area contributed by atoms with Crippen LogP contribution in [0.3, 0.4) is 0 Å². The lowest BCUT2D eigenvalue weighted by molar-refractivity contribution is -0.163. The number of carbonyl (C=O) groups is 2. The Bertz CT molecular complexity index is 1400. The van der Waals surface area contributed by atoms with Crippen molar-refractivity contribution in [3.63, 3.8) is 0 Å². The van der Waals surface area contributed by atoms with Gasteiger partial charge in [0, 0.05) is 16.7 Å². The number of carbonyl (C=O) groups excluding carboxylic acids is 2. The number of aryl methyl sites for hydroxylation is 2. The number of epoxide rings is 1. The Labute approximate surface area is 217 Å². The van der Waals surface area contributed by atoms with Gasteiger partial charge in [0.15, 0.2) is 11.4 Å². The monoisotopic (exact) mass is 505 g/mol. The summed E-state index contributed by atoms with van der Waals surface area (Å²) in [5.74, 6) is 0.211. The summed E-state index contributed by atoms with van der Waals surface area (Å²) in [6.07, 6.45) is 4.54. The highest BCUT2D eigenvalue weighted by Crippen LogP contribution is 2.73. The van der Waals surface area contributed by atoms with Crippen LogP contribution in [0, 0.1) is 29.6 Å². The van der Waals surface area contributed by atoms with E-state index in [1.165, 1.54) is 0 Å². The first-order valence-corrected chi connectivity index (χ1v) is 13.6. The quantitative estimate of drug-likeness (QED) is 0.335. The molecular formula is C30H35NO6. The second-order valence-corrected chi connectivity index (χ2v) is 12.7. The van der Waals surface area contributed by atoms with Gasteiger partial charge in [0.25, 0.3) is 0 Å². The van der Waals surface area contributed by atoms with Gasteiger partial charge in [-0.1, -0.05) is 26.8 Å². The molecule has 5 aliphatic rings. The van der Waals surface area contributed by atoms with Crippen molar-refractivity contribution in [2.75, 3.05) is 14.2 Å². The maximum atomic E-state index is 13.7. The number of esters is 1. The minimum Gasteiger partial charge on any atom is -0.495 e. The van der Waals surface area contributed by atoms with Crippen LogP contribution in [-0.2, 0) is 31.1 Å². The maximum absolute atomic E-state index is 13.7. The number of benzene rings is 1. The van der Waals surface area contributed by atoms with Crippen molar-refractivity contribution in [2.24, 2.45) is 22.7 Å². The fourth-order valence-corrected chi connectivity index (χ4v) is 8.80. The molecule has 3 saturated carbocycles. The molecule has 4 fully saturated rings. The number of Topliss-reactive ketones (excluding diaryl/α,β-unsaturated/α-hetero) is 1. The van der Waals surface area contributed by atoms with Crippen molar-refractivity contribution in [1.82, 2.24) is 4.98 Å². The van der Waals surface area contributed by atoms with Crippen molar-refractivity contribution < 1.29 is 28.5 Å². The molecule has 37 heavy (non-hydrogen) atoms. The Kier molecular flexibility index (Phi) is 4.46. The number of aromatic nitrogens is 1. The molecule has 7 nitrogen and oxygen atoms in total. The summed E-state index contributed by atoms with van der Waals surface area (Å²) < 4.78 is 24.7. The fourth-order valence-electron chi connectivity index (χ4n) is 8.80. The summed E-state index contributed by atoms with van der Waals surface area (Å²) in [4.78, 5) is 31.8. The molecule has 3 unspecified atom stereocenters. The van der Waals surface area contributed by atoms with E-state index in [-0.39, 0.29) is 28.7 Å². The number of pyridine rings is 1. The number of methoxy groups -OCH3 is 2. The molecule has 1 aromatic carbocycles. The summed E-state index contributed by atoms with van der Waals surface area (Å²) in [6.45, 7) is 8.25. The largest absolute Gasteiger partial charge is 0.495 e. The Morgan fingerprint density at radius 2 is 1.86 bits per heavy atom. The van der Waals surface area contributed by atoms with E-state index in [9.17, 15) is 9.59 Å². The van der Waals surface area contributed by atoms with E-state index in [2.05, 4.69) is 24.9 Å². The predicted octanol–water partition coefficient (Wildman–Crippen LogP) is 4.82. The highest BCUT2D eigenvalue weighted by Gasteiger charge is 2.81. The zero-order chi connectivity index (χ0) is 26.1. The highest BCUT2D eigenvalue weighted by molar-refractivity contribution is 6.05. The number of fused-ring (bicyclic) bond motifs is 4. The zero-order valence-electron chi connectivity index (χ0n) is 22.5.